The molecule has 0 spiro atoms. The fourth-order valence-electron chi connectivity index (χ4n) is 0.686. The summed E-state index contributed by atoms with van der Waals surface area (Å²) >= 11 is 7.41. The Morgan fingerprint density at radius 1 is 1.70 bits per heavy atom. The van der Waals surface area contributed by atoms with Gasteiger partial charge in [-0.3, -0.25) is 0 Å². The van der Waals surface area contributed by atoms with Crippen LogP contribution >= 0.6 is 22.9 Å². The van der Waals surface area contributed by atoms with Crippen LogP contribution in [0, 0.1) is 0 Å². The van der Waals surface area contributed by atoms with Crippen LogP contribution in [0.4, 0.5) is 0 Å². The molecule has 3 heteroatoms. The lowest BCUT2D eigenvalue weighted by molar-refractivity contribution is 0.191. The maximum absolute atomic E-state index is 9.07. The molecule has 0 radical (unpaired) electrons. The Balaban J connectivity index is 2.68. The lowest BCUT2D eigenvalue weighted by Gasteiger charge is -2.08. The Morgan fingerprint density at radius 2 is 2.40 bits per heavy atom. The molecule has 1 aromatic heterocycles. The highest BCUT2D eigenvalue weighted by Crippen LogP contribution is 2.27. The van der Waals surface area contributed by atoms with Gasteiger partial charge in [-0.25, -0.2) is 0 Å². The SMILES string of the molecule is CC(O)C(Cl)c1cccs1. The topological polar surface area (TPSA) is 20.2 Å². The molecule has 0 aromatic carbocycles. The summed E-state index contributed by atoms with van der Waals surface area (Å²) in [6.45, 7) is 1.69. The number of thiophene rings is 1. The first-order valence-electron chi connectivity index (χ1n) is 3.07. The lowest BCUT2D eigenvalue weighted by atomic mass is 10.2. The van der Waals surface area contributed by atoms with Crippen LogP contribution < -0.4 is 0 Å². The van der Waals surface area contributed by atoms with Crippen LogP contribution in [0.2, 0.25) is 0 Å². The summed E-state index contributed by atoms with van der Waals surface area (Å²) in [4.78, 5) is 1.02. The smallest absolute Gasteiger partial charge is 0.0934 e. The number of rotatable bonds is 2. The zero-order chi connectivity index (χ0) is 7.56. The molecule has 0 aliphatic carbocycles. The fourth-order valence-corrected chi connectivity index (χ4v) is 1.71. The van der Waals surface area contributed by atoms with Crippen LogP contribution in [-0.4, -0.2) is 11.2 Å². The molecule has 0 saturated carbocycles. The second-order valence-corrected chi connectivity index (χ2v) is 3.61. The van der Waals surface area contributed by atoms with Crippen molar-refractivity contribution < 1.29 is 5.11 Å². The van der Waals surface area contributed by atoms with Crippen molar-refractivity contribution in [3.05, 3.63) is 22.4 Å². The minimum atomic E-state index is -0.472. The molecule has 0 aliphatic heterocycles. The molecule has 0 saturated heterocycles. The number of aliphatic hydroxyl groups is 1. The Kier molecular flexibility index (Phi) is 2.72. The van der Waals surface area contributed by atoms with Crippen LogP contribution in [0.1, 0.15) is 17.2 Å². The van der Waals surface area contributed by atoms with Crippen LogP contribution in [0.25, 0.3) is 0 Å². The van der Waals surface area contributed by atoms with Gasteiger partial charge in [0.05, 0.1) is 11.5 Å². The van der Waals surface area contributed by atoms with E-state index in [1.807, 2.05) is 17.5 Å². The summed E-state index contributed by atoms with van der Waals surface area (Å²) < 4.78 is 0. The van der Waals surface area contributed by atoms with E-state index in [9.17, 15) is 0 Å². The highest BCUT2D eigenvalue weighted by Gasteiger charge is 2.13. The third-order valence-corrected chi connectivity index (χ3v) is 2.92. The molecule has 1 nitrogen and oxygen atoms in total. The van der Waals surface area contributed by atoms with E-state index in [4.69, 9.17) is 16.7 Å². The average molecular weight is 177 g/mol. The van der Waals surface area contributed by atoms with E-state index in [-0.39, 0.29) is 5.38 Å². The van der Waals surface area contributed by atoms with Crippen molar-refractivity contribution in [3.8, 4) is 0 Å². The van der Waals surface area contributed by atoms with Crippen LogP contribution in [0.5, 0.6) is 0 Å². The van der Waals surface area contributed by atoms with Gasteiger partial charge in [0, 0.05) is 4.88 Å². The minimum Gasteiger partial charge on any atom is -0.391 e. The molecule has 1 N–H and O–H groups in total. The number of aliphatic hydroxyl groups excluding tert-OH is 1. The summed E-state index contributed by atoms with van der Waals surface area (Å²) in [7, 11) is 0. The van der Waals surface area contributed by atoms with Crippen molar-refractivity contribution in [1.82, 2.24) is 0 Å². The molecule has 2 unspecified atom stereocenters. The van der Waals surface area contributed by atoms with Gasteiger partial charge in [-0.1, -0.05) is 6.07 Å². The zero-order valence-electron chi connectivity index (χ0n) is 5.62. The second kappa shape index (κ2) is 3.37. The molecule has 0 fully saturated rings. The molecule has 0 aliphatic rings. The third-order valence-electron chi connectivity index (χ3n) is 1.24. The summed E-state index contributed by atoms with van der Waals surface area (Å²) in [5, 5.41) is 10.8. The van der Waals surface area contributed by atoms with E-state index in [0.717, 1.165) is 4.88 Å². The molecule has 56 valence electrons. The van der Waals surface area contributed by atoms with E-state index in [1.165, 1.54) is 0 Å². The quantitative estimate of drug-likeness (QED) is 0.687. The number of halogens is 1. The van der Waals surface area contributed by atoms with E-state index in [0.29, 0.717) is 0 Å². The Morgan fingerprint density at radius 3 is 2.80 bits per heavy atom. The Labute approximate surface area is 69.3 Å². The molecule has 10 heavy (non-hydrogen) atoms. The maximum Gasteiger partial charge on any atom is 0.0934 e. The van der Waals surface area contributed by atoms with Crippen LogP contribution in [0.3, 0.4) is 0 Å². The van der Waals surface area contributed by atoms with E-state index in [2.05, 4.69) is 0 Å². The van der Waals surface area contributed by atoms with Crippen LogP contribution in [-0.2, 0) is 0 Å². The van der Waals surface area contributed by atoms with Crippen molar-refractivity contribution in [2.24, 2.45) is 0 Å². The first-order chi connectivity index (χ1) is 4.72. The van der Waals surface area contributed by atoms with Crippen molar-refractivity contribution in [1.29, 1.82) is 0 Å². The van der Waals surface area contributed by atoms with Gasteiger partial charge in [-0.15, -0.1) is 22.9 Å². The van der Waals surface area contributed by atoms with Gasteiger partial charge in [0.1, 0.15) is 0 Å². The molecular weight excluding hydrogens is 168 g/mol. The lowest BCUT2D eigenvalue weighted by Crippen LogP contribution is -2.06. The van der Waals surface area contributed by atoms with Gasteiger partial charge in [-0.2, -0.15) is 0 Å². The molecular formula is C7H9ClOS. The normalized spacial score (nSPS) is 16.7. The van der Waals surface area contributed by atoms with Crippen molar-refractivity contribution in [3.63, 3.8) is 0 Å². The molecule has 1 aromatic rings. The van der Waals surface area contributed by atoms with E-state index >= 15 is 0 Å². The van der Waals surface area contributed by atoms with Gasteiger partial charge in [0.25, 0.3) is 0 Å². The zero-order valence-corrected chi connectivity index (χ0v) is 7.19. The minimum absolute atomic E-state index is 0.250. The van der Waals surface area contributed by atoms with Gasteiger partial charge in [0.15, 0.2) is 0 Å². The standard InChI is InChI=1S/C7H9ClOS/c1-5(9)7(8)6-3-2-4-10-6/h2-5,7,9H,1H3. The summed E-state index contributed by atoms with van der Waals surface area (Å²) in [6.07, 6.45) is -0.472. The number of hydrogen-bond acceptors (Lipinski definition) is 2. The van der Waals surface area contributed by atoms with Crippen molar-refractivity contribution in [2.75, 3.05) is 0 Å². The number of alkyl halides is 1. The number of hydrogen-bond donors (Lipinski definition) is 1. The highest BCUT2D eigenvalue weighted by atomic mass is 35.5. The molecule has 0 bridgehead atoms. The second-order valence-electron chi connectivity index (χ2n) is 2.16. The molecule has 0 amide bonds. The van der Waals surface area contributed by atoms with Crippen LogP contribution in [0.15, 0.2) is 17.5 Å². The summed E-state index contributed by atoms with van der Waals surface area (Å²) in [5.41, 5.74) is 0. The van der Waals surface area contributed by atoms with Gasteiger partial charge in [-0.05, 0) is 18.4 Å². The van der Waals surface area contributed by atoms with Gasteiger partial charge >= 0.3 is 0 Å². The van der Waals surface area contributed by atoms with Crippen molar-refractivity contribution in [2.45, 2.75) is 18.4 Å². The Bertz CT molecular complexity index is 183. The van der Waals surface area contributed by atoms with Crippen molar-refractivity contribution >= 4 is 22.9 Å². The maximum atomic E-state index is 9.07. The molecule has 1 rings (SSSR count). The largest absolute Gasteiger partial charge is 0.391 e. The highest BCUT2D eigenvalue weighted by molar-refractivity contribution is 7.10. The molecule has 2 atom stereocenters. The van der Waals surface area contributed by atoms with Gasteiger partial charge < -0.3 is 5.11 Å². The third kappa shape index (κ3) is 1.72. The predicted molar refractivity (Wildman–Crippen MR) is 44.6 cm³/mol. The van der Waals surface area contributed by atoms with Gasteiger partial charge in [0.2, 0.25) is 0 Å². The monoisotopic (exact) mass is 176 g/mol. The predicted octanol–water partition coefficient (Wildman–Crippen LogP) is 2.41. The first kappa shape index (κ1) is 8.05. The summed E-state index contributed by atoms with van der Waals surface area (Å²) in [5.74, 6) is 0. The first-order valence-corrected chi connectivity index (χ1v) is 4.39. The average Bonchev–Trinajstić information content (AvgIpc) is 2.36. The van der Waals surface area contributed by atoms with E-state index in [1.54, 1.807) is 18.3 Å². The molecule has 1 heterocycles. The fraction of sp³-hybridized carbons (Fsp3) is 0.429. The van der Waals surface area contributed by atoms with E-state index < -0.39 is 6.10 Å². The Hall–Kier alpha value is -0.0500. The summed E-state index contributed by atoms with van der Waals surface area (Å²) in [6, 6.07) is 3.85.